The Hall–Kier alpha value is -1.93. The zero-order chi connectivity index (χ0) is 19.0. The van der Waals surface area contributed by atoms with E-state index in [-0.39, 0.29) is 24.1 Å². The maximum Gasteiger partial charge on any atom is 0.228 e. The number of nitrogens with one attached hydrogen (secondary N) is 1. The number of carbonyl (C=O) groups is 1. The number of sulfonamides is 1. The van der Waals surface area contributed by atoms with Crippen molar-refractivity contribution in [3.63, 3.8) is 0 Å². The van der Waals surface area contributed by atoms with Crippen molar-refractivity contribution in [1.29, 1.82) is 0 Å². The van der Waals surface area contributed by atoms with Gasteiger partial charge in [0, 0.05) is 24.7 Å². The van der Waals surface area contributed by atoms with Crippen LogP contribution in [0.25, 0.3) is 11.1 Å². The first-order chi connectivity index (χ1) is 13.0. The van der Waals surface area contributed by atoms with Gasteiger partial charge in [-0.05, 0) is 50.3 Å². The Labute approximate surface area is 159 Å². The van der Waals surface area contributed by atoms with Crippen LogP contribution in [0.1, 0.15) is 50.8 Å². The number of anilines is 1. The van der Waals surface area contributed by atoms with E-state index in [0.29, 0.717) is 37.4 Å². The Balaban J connectivity index is 1.44. The maximum atomic E-state index is 12.7. The molecular weight excluding hydrogens is 366 g/mol. The molecule has 1 aliphatic carbocycles. The largest absolute Gasteiger partial charge is 0.440 e. The molecule has 0 radical (unpaired) electrons. The highest BCUT2D eigenvalue weighted by Crippen LogP contribution is 2.40. The van der Waals surface area contributed by atoms with Crippen LogP contribution in [0.5, 0.6) is 0 Å². The predicted molar refractivity (Wildman–Crippen MR) is 103 cm³/mol. The van der Waals surface area contributed by atoms with E-state index < -0.39 is 10.0 Å². The van der Waals surface area contributed by atoms with Gasteiger partial charge in [0.2, 0.25) is 15.9 Å². The lowest BCUT2D eigenvalue weighted by atomic mass is 9.98. The van der Waals surface area contributed by atoms with E-state index in [0.717, 1.165) is 29.8 Å². The molecule has 0 spiro atoms. The van der Waals surface area contributed by atoms with Crippen molar-refractivity contribution in [2.75, 3.05) is 24.2 Å². The van der Waals surface area contributed by atoms with E-state index in [4.69, 9.17) is 4.42 Å². The number of nitrogens with zero attached hydrogens (tertiary/aromatic N) is 2. The number of hydrogen-bond acceptors (Lipinski definition) is 5. The van der Waals surface area contributed by atoms with E-state index in [1.807, 2.05) is 19.1 Å². The van der Waals surface area contributed by atoms with Gasteiger partial charge in [-0.25, -0.2) is 17.7 Å². The monoisotopic (exact) mass is 391 g/mol. The molecule has 1 aromatic carbocycles. The zero-order valence-electron chi connectivity index (χ0n) is 15.5. The van der Waals surface area contributed by atoms with Crippen LogP contribution in [-0.2, 0) is 14.8 Å². The van der Waals surface area contributed by atoms with Gasteiger partial charge in [-0.3, -0.25) is 4.79 Å². The summed E-state index contributed by atoms with van der Waals surface area (Å²) in [5.41, 5.74) is 2.13. The molecule has 1 atom stereocenters. The Morgan fingerprint density at radius 1 is 1.33 bits per heavy atom. The van der Waals surface area contributed by atoms with Crippen LogP contribution in [0, 0.1) is 5.92 Å². The zero-order valence-corrected chi connectivity index (χ0v) is 16.3. The molecule has 2 aliphatic rings. The Morgan fingerprint density at radius 2 is 2.15 bits per heavy atom. The molecule has 0 unspecified atom stereocenters. The number of carbonyl (C=O) groups excluding carboxylic acids is 1. The molecule has 1 amide bonds. The molecule has 1 N–H and O–H groups in total. The fourth-order valence-electron chi connectivity index (χ4n) is 3.57. The molecule has 1 saturated heterocycles. The van der Waals surface area contributed by atoms with Crippen LogP contribution in [0.3, 0.4) is 0 Å². The van der Waals surface area contributed by atoms with E-state index in [1.54, 1.807) is 6.07 Å². The van der Waals surface area contributed by atoms with Gasteiger partial charge in [0.05, 0.1) is 11.7 Å². The average Bonchev–Trinajstić information content (AvgIpc) is 3.41. The molecule has 1 aromatic heterocycles. The van der Waals surface area contributed by atoms with Gasteiger partial charge in [0.25, 0.3) is 0 Å². The Bertz CT molecular complexity index is 949. The second-order valence-corrected chi connectivity index (χ2v) is 9.60. The third-order valence-corrected chi connectivity index (χ3v) is 7.25. The quantitative estimate of drug-likeness (QED) is 0.817. The first-order valence-electron chi connectivity index (χ1n) is 9.65. The molecule has 2 heterocycles. The van der Waals surface area contributed by atoms with Gasteiger partial charge >= 0.3 is 0 Å². The van der Waals surface area contributed by atoms with Gasteiger partial charge in [-0.2, -0.15) is 0 Å². The number of fused-ring (bicyclic) bond motifs is 1. The number of amides is 1. The molecule has 146 valence electrons. The summed E-state index contributed by atoms with van der Waals surface area (Å²) in [4.78, 5) is 17.2. The SMILES string of the molecule is CCCS(=O)(=O)N1CCC[C@@H](C(=O)Nc2ccc3oc(C4CC4)nc3c2)C1. The van der Waals surface area contributed by atoms with Crippen molar-refractivity contribution in [1.82, 2.24) is 9.29 Å². The molecular formula is C19H25N3O4S. The molecule has 1 saturated carbocycles. The lowest BCUT2D eigenvalue weighted by molar-refractivity contribution is -0.120. The highest BCUT2D eigenvalue weighted by atomic mass is 32.2. The van der Waals surface area contributed by atoms with Crippen LogP contribution < -0.4 is 5.32 Å². The van der Waals surface area contributed by atoms with Crippen molar-refractivity contribution in [3.05, 3.63) is 24.1 Å². The van der Waals surface area contributed by atoms with Crippen molar-refractivity contribution in [2.45, 2.75) is 44.9 Å². The lowest BCUT2D eigenvalue weighted by Crippen LogP contribution is -2.44. The number of piperidine rings is 1. The summed E-state index contributed by atoms with van der Waals surface area (Å²) >= 11 is 0. The van der Waals surface area contributed by atoms with Crippen LogP contribution >= 0.6 is 0 Å². The summed E-state index contributed by atoms with van der Waals surface area (Å²) in [7, 11) is -3.27. The van der Waals surface area contributed by atoms with Crippen molar-refractivity contribution < 1.29 is 17.6 Å². The van der Waals surface area contributed by atoms with E-state index >= 15 is 0 Å². The Morgan fingerprint density at radius 3 is 2.89 bits per heavy atom. The Kier molecular flexibility index (Phi) is 4.94. The summed E-state index contributed by atoms with van der Waals surface area (Å²) in [6.07, 6.45) is 4.22. The topological polar surface area (TPSA) is 92.5 Å². The third kappa shape index (κ3) is 4.01. The van der Waals surface area contributed by atoms with Crippen LogP contribution in [0.15, 0.2) is 22.6 Å². The molecule has 4 rings (SSSR count). The smallest absolute Gasteiger partial charge is 0.228 e. The van der Waals surface area contributed by atoms with Gasteiger partial charge < -0.3 is 9.73 Å². The standard InChI is InChI=1S/C19H25N3O4S/c1-2-10-27(24,25)22-9-3-4-14(12-22)18(23)20-15-7-8-17-16(11-15)21-19(26-17)13-5-6-13/h7-8,11,13-14H,2-6,9-10,12H2,1H3,(H,20,23)/t14-/m1/s1. The van der Waals surface area contributed by atoms with Crippen molar-refractivity contribution >= 4 is 32.7 Å². The van der Waals surface area contributed by atoms with Gasteiger partial charge in [-0.1, -0.05) is 6.92 Å². The van der Waals surface area contributed by atoms with Crippen LogP contribution in [-0.4, -0.2) is 42.5 Å². The number of benzene rings is 1. The first-order valence-corrected chi connectivity index (χ1v) is 11.3. The van der Waals surface area contributed by atoms with Gasteiger partial charge in [0.1, 0.15) is 5.52 Å². The normalized spacial score (nSPS) is 21.4. The van der Waals surface area contributed by atoms with E-state index in [9.17, 15) is 13.2 Å². The van der Waals surface area contributed by atoms with Crippen molar-refractivity contribution in [2.24, 2.45) is 5.92 Å². The average molecular weight is 391 g/mol. The second kappa shape index (κ2) is 7.24. The van der Waals surface area contributed by atoms with Crippen LogP contribution in [0.2, 0.25) is 0 Å². The summed E-state index contributed by atoms with van der Waals surface area (Å²) in [5.74, 6) is 0.872. The molecule has 8 heteroatoms. The fraction of sp³-hybridized carbons (Fsp3) is 0.579. The number of hydrogen-bond donors (Lipinski definition) is 1. The van der Waals surface area contributed by atoms with Crippen LogP contribution in [0.4, 0.5) is 5.69 Å². The fourth-order valence-corrected chi connectivity index (χ4v) is 5.16. The summed E-state index contributed by atoms with van der Waals surface area (Å²) in [5, 5.41) is 2.92. The van der Waals surface area contributed by atoms with E-state index in [1.165, 1.54) is 4.31 Å². The second-order valence-electron chi connectivity index (χ2n) is 7.51. The number of oxazole rings is 1. The predicted octanol–water partition coefficient (Wildman–Crippen LogP) is 3.10. The molecule has 2 aromatic rings. The summed E-state index contributed by atoms with van der Waals surface area (Å²) in [6, 6.07) is 5.44. The number of aromatic nitrogens is 1. The highest BCUT2D eigenvalue weighted by Gasteiger charge is 2.32. The minimum atomic E-state index is -3.27. The molecule has 2 fully saturated rings. The molecule has 1 aliphatic heterocycles. The number of rotatable bonds is 6. The molecule has 27 heavy (non-hydrogen) atoms. The van der Waals surface area contributed by atoms with Gasteiger partial charge in [0.15, 0.2) is 11.5 Å². The third-order valence-electron chi connectivity index (χ3n) is 5.21. The maximum absolute atomic E-state index is 12.7. The first kappa shape index (κ1) is 18.4. The highest BCUT2D eigenvalue weighted by molar-refractivity contribution is 7.89. The minimum absolute atomic E-state index is 0.132. The lowest BCUT2D eigenvalue weighted by Gasteiger charge is -2.31. The van der Waals surface area contributed by atoms with Crippen molar-refractivity contribution in [3.8, 4) is 0 Å². The molecule has 7 nitrogen and oxygen atoms in total. The summed E-state index contributed by atoms with van der Waals surface area (Å²) in [6.45, 7) is 2.60. The minimum Gasteiger partial charge on any atom is -0.440 e. The summed E-state index contributed by atoms with van der Waals surface area (Å²) < 4.78 is 31.8. The van der Waals surface area contributed by atoms with E-state index in [2.05, 4.69) is 10.3 Å². The molecule has 0 bridgehead atoms. The van der Waals surface area contributed by atoms with Gasteiger partial charge in [-0.15, -0.1) is 0 Å².